The molecule has 1 unspecified atom stereocenters. The highest BCUT2D eigenvalue weighted by molar-refractivity contribution is 5.78. The van der Waals surface area contributed by atoms with Gasteiger partial charge in [0.15, 0.2) is 0 Å². The Morgan fingerprint density at radius 3 is 2.21 bits per heavy atom. The lowest BCUT2D eigenvalue weighted by Gasteiger charge is -2.20. The maximum Gasteiger partial charge on any atom is 0.222 e. The van der Waals surface area contributed by atoms with Gasteiger partial charge >= 0.3 is 0 Å². The summed E-state index contributed by atoms with van der Waals surface area (Å²) in [6.07, 6.45) is 0.235. The molecule has 0 saturated carbocycles. The summed E-state index contributed by atoms with van der Waals surface area (Å²) in [6, 6.07) is 17.1. The summed E-state index contributed by atoms with van der Waals surface area (Å²) in [4.78, 5) is 23.1. The van der Waals surface area contributed by atoms with Crippen LogP contribution < -0.4 is 15.4 Å². The number of methoxy groups -OCH3 is 1. The van der Waals surface area contributed by atoms with Crippen molar-refractivity contribution >= 4 is 11.8 Å². The van der Waals surface area contributed by atoms with Crippen LogP contribution in [0.15, 0.2) is 54.6 Å². The Morgan fingerprint density at radius 1 is 1.00 bits per heavy atom. The van der Waals surface area contributed by atoms with Gasteiger partial charge in [-0.3, -0.25) is 9.59 Å². The molecule has 0 aliphatic heterocycles. The summed E-state index contributed by atoms with van der Waals surface area (Å²) in [5, 5.41) is 5.66. The van der Waals surface area contributed by atoms with Gasteiger partial charge in [0.1, 0.15) is 5.75 Å². The fourth-order valence-electron chi connectivity index (χ4n) is 2.39. The first-order valence-electron chi connectivity index (χ1n) is 7.83. The Labute approximate surface area is 142 Å². The van der Waals surface area contributed by atoms with Crippen molar-refractivity contribution in [2.75, 3.05) is 13.7 Å². The van der Waals surface area contributed by atoms with Crippen LogP contribution in [0, 0.1) is 0 Å². The van der Waals surface area contributed by atoms with E-state index in [0.29, 0.717) is 6.54 Å². The second-order valence-corrected chi connectivity index (χ2v) is 5.42. The lowest BCUT2D eigenvalue weighted by Crippen LogP contribution is -2.32. The maximum atomic E-state index is 12.2. The number of amides is 2. The van der Waals surface area contributed by atoms with Crippen LogP contribution in [0.2, 0.25) is 0 Å². The van der Waals surface area contributed by atoms with Gasteiger partial charge in [0.2, 0.25) is 11.8 Å². The molecule has 0 aromatic heterocycles. The Kier molecular flexibility index (Phi) is 6.37. The van der Waals surface area contributed by atoms with Gasteiger partial charge in [-0.1, -0.05) is 42.5 Å². The number of carbonyl (C=O) groups excluding carboxylic acids is 2. The third-order valence-corrected chi connectivity index (χ3v) is 3.61. The predicted octanol–water partition coefficient (Wildman–Crippen LogP) is 2.43. The molecule has 1 atom stereocenters. The van der Waals surface area contributed by atoms with Gasteiger partial charge in [-0.15, -0.1) is 0 Å². The molecule has 0 radical (unpaired) electrons. The Hall–Kier alpha value is -2.82. The van der Waals surface area contributed by atoms with E-state index in [4.69, 9.17) is 4.74 Å². The molecule has 0 aliphatic rings. The molecule has 2 amide bonds. The lowest BCUT2D eigenvalue weighted by molar-refractivity contribution is -0.122. The van der Waals surface area contributed by atoms with E-state index in [-0.39, 0.29) is 24.3 Å². The number of hydrogen-bond donors (Lipinski definition) is 2. The molecule has 2 aromatic carbocycles. The third-order valence-electron chi connectivity index (χ3n) is 3.61. The SMILES string of the molecule is COc1ccc(C(NC(=O)CCNC(C)=O)c2ccccc2)cc1. The largest absolute Gasteiger partial charge is 0.497 e. The fraction of sp³-hybridized carbons (Fsp3) is 0.263. The summed E-state index contributed by atoms with van der Waals surface area (Å²) in [6.45, 7) is 1.76. The molecule has 0 fully saturated rings. The van der Waals surface area contributed by atoms with E-state index in [9.17, 15) is 9.59 Å². The molecule has 5 nitrogen and oxygen atoms in total. The summed E-state index contributed by atoms with van der Waals surface area (Å²) in [5.74, 6) is 0.508. The van der Waals surface area contributed by atoms with E-state index in [1.807, 2.05) is 54.6 Å². The molecule has 24 heavy (non-hydrogen) atoms. The Bertz CT molecular complexity index is 669. The minimum absolute atomic E-state index is 0.117. The summed E-state index contributed by atoms with van der Waals surface area (Å²) in [5.41, 5.74) is 1.96. The normalized spacial score (nSPS) is 11.4. The van der Waals surface area contributed by atoms with Gasteiger partial charge in [-0.2, -0.15) is 0 Å². The average Bonchev–Trinajstić information content (AvgIpc) is 2.60. The van der Waals surface area contributed by atoms with Gasteiger partial charge in [0, 0.05) is 19.9 Å². The van der Waals surface area contributed by atoms with Crippen molar-refractivity contribution in [1.82, 2.24) is 10.6 Å². The molecular formula is C19H22N2O3. The molecule has 2 N–H and O–H groups in total. The molecule has 0 aliphatic carbocycles. The van der Waals surface area contributed by atoms with Crippen LogP contribution in [0.1, 0.15) is 30.5 Å². The van der Waals surface area contributed by atoms with Crippen LogP contribution in [0.5, 0.6) is 5.75 Å². The van der Waals surface area contributed by atoms with Gasteiger partial charge in [0.25, 0.3) is 0 Å². The van der Waals surface area contributed by atoms with E-state index in [2.05, 4.69) is 10.6 Å². The minimum atomic E-state index is -0.248. The van der Waals surface area contributed by atoms with Crippen LogP contribution in [-0.2, 0) is 9.59 Å². The van der Waals surface area contributed by atoms with Gasteiger partial charge < -0.3 is 15.4 Å². The van der Waals surface area contributed by atoms with Gasteiger partial charge in [0.05, 0.1) is 13.2 Å². The van der Waals surface area contributed by atoms with Crippen molar-refractivity contribution in [2.45, 2.75) is 19.4 Å². The molecule has 126 valence electrons. The molecule has 0 heterocycles. The van der Waals surface area contributed by atoms with Crippen LogP contribution in [-0.4, -0.2) is 25.5 Å². The van der Waals surface area contributed by atoms with Gasteiger partial charge in [-0.05, 0) is 23.3 Å². The third kappa shape index (κ3) is 5.12. The quantitative estimate of drug-likeness (QED) is 0.821. The number of hydrogen-bond acceptors (Lipinski definition) is 3. The topological polar surface area (TPSA) is 67.4 Å². The minimum Gasteiger partial charge on any atom is -0.497 e. The second-order valence-electron chi connectivity index (χ2n) is 5.42. The fourth-order valence-corrected chi connectivity index (χ4v) is 2.39. The summed E-state index contributed by atoms with van der Waals surface area (Å²) in [7, 11) is 1.62. The van der Waals surface area contributed by atoms with Crippen LogP contribution in [0.4, 0.5) is 0 Å². The molecular weight excluding hydrogens is 304 g/mol. The van der Waals surface area contributed by atoms with E-state index in [1.54, 1.807) is 7.11 Å². The highest BCUT2D eigenvalue weighted by Gasteiger charge is 2.16. The van der Waals surface area contributed by atoms with Crippen molar-refractivity contribution in [1.29, 1.82) is 0 Å². The van der Waals surface area contributed by atoms with E-state index >= 15 is 0 Å². The molecule has 0 spiro atoms. The van der Waals surface area contributed by atoms with Crippen molar-refractivity contribution in [3.63, 3.8) is 0 Å². The second kappa shape index (κ2) is 8.72. The van der Waals surface area contributed by atoms with Crippen LogP contribution in [0.3, 0.4) is 0 Å². The van der Waals surface area contributed by atoms with Crippen molar-refractivity contribution in [2.24, 2.45) is 0 Å². The Morgan fingerprint density at radius 2 is 1.62 bits per heavy atom. The molecule has 5 heteroatoms. The highest BCUT2D eigenvalue weighted by Crippen LogP contribution is 2.24. The number of rotatable bonds is 7. The zero-order chi connectivity index (χ0) is 17.4. The number of carbonyl (C=O) groups is 2. The van der Waals surface area contributed by atoms with Crippen molar-refractivity contribution in [3.05, 3.63) is 65.7 Å². The average molecular weight is 326 g/mol. The molecule has 0 bridgehead atoms. The monoisotopic (exact) mass is 326 g/mol. The standard InChI is InChI=1S/C19H22N2O3/c1-14(22)20-13-12-18(23)21-19(15-6-4-3-5-7-15)16-8-10-17(24-2)11-9-16/h3-11,19H,12-13H2,1-2H3,(H,20,22)(H,21,23). The smallest absolute Gasteiger partial charge is 0.222 e. The zero-order valence-corrected chi connectivity index (χ0v) is 13.9. The number of benzene rings is 2. The van der Waals surface area contributed by atoms with Crippen molar-refractivity contribution in [3.8, 4) is 5.75 Å². The predicted molar refractivity (Wildman–Crippen MR) is 92.7 cm³/mol. The number of nitrogens with one attached hydrogen (secondary N) is 2. The van der Waals surface area contributed by atoms with Crippen LogP contribution in [0.25, 0.3) is 0 Å². The molecule has 0 saturated heterocycles. The van der Waals surface area contributed by atoms with E-state index in [0.717, 1.165) is 16.9 Å². The van der Waals surface area contributed by atoms with Crippen molar-refractivity contribution < 1.29 is 14.3 Å². The summed E-state index contributed by atoms with van der Waals surface area (Å²) < 4.78 is 5.18. The van der Waals surface area contributed by atoms with E-state index in [1.165, 1.54) is 6.92 Å². The maximum absolute atomic E-state index is 12.2. The van der Waals surface area contributed by atoms with E-state index < -0.39 is 0 Å². The number of ether oxygens (including phenoxy) is 1. The van der Waals surface area contributed by atoms with Gasteiger partial charge in [-0.25, -0.2) is 0 Å². The first kappa shape index (κ1) is 17.5. The zero-order valence-electron chi connectivity index (χ0n) is 13.9. The molecule has 2 rings (SSSR count). The molecule has 2 aromatic rings. The lowest BCUT2D eigenvalue weighted by atomic mass is 9.98. The summed E-state index contributed by atoms with van der Waals surface area (Å²) >= 11 is 0. The first-order chi connectivity index (χ1) is 11.6. The highest BCUT2D eigenvalue weighted by atomic mass is 16.5. The first-order valence-corrected chi connectivity index (χ1v) is 7.83. The van der Waals surface area contributed by atoms with Crippen LogP contribution >= 0.6 is 0 Å². The Balaban J connectivity index is 2.14.